The van der Waals surface area contributed by atoms with Gasteiger partial charge >= 0.3 is 0 Å². The molecule has 0 aliphatic carbocycles. The van der Waals surface area contributed by atoms with Gasteiger partial charge in [0.1, 0.15) is 5.69 Å². The number of benzene rings is 2. The minimum atomic E-state index is -0.587. The molecule has 4 amide bonds. The Morgan fingerprint density at radius 3 is 2.27 bits per heavy atom. The second kappa shape index (κ2) is 8.34. The summed E-state index contributed by atoms with van der Waals surface area (Å²) < 4.78 is 0. The predicted octanol–water partition coefficient (Wildman–Crippen LogP) is 1.74. The van der Waals surface area contributed by atoms with E-state index in [2.05, 4.69) is 5.32 Å². The van der Waals surface area contributed by atoms with Crippen LogP contribution in [-0.4, -0.2) is 71.6 Å². The molecular formula is C22H21N5O6. The van der Waals surface area contributed by atoms with E-state index in [1.807, 2.05) is 4.90 Å². The van der Waals surface area contributed by atoms with Gasteiger partial charge in [-0.25, -0.2) is 0 Å². The molecule has 1 saturated heterocycles. The lowest BCUT2D eigenvalue weighted by Crippen LogP contribution is -2.48. The molecule has 1 N–H and O–H groups in total. The minimum Gasteiger partial charge on any atom is -0.362 e. The van der Waals surface area contributed by atoms with Crippen LogP contribution in [0.25, 0.3) is 0 Å². The number of carbonyl (C=O) groups is 4. The molecule has 0 bridgehead atoms. The quantitative estimate of drug-likeness (QED) is 0.425. The van der Waals surface area contributed by atoms with Gasteiger partial charge in [0.25, 0.3) is 23.4 Å². The topological polar surface area (TPSA) is 133 Å². The maximum absolute atomic E-state index is 12.8. The van der Waals surface area contributed by atoms with Gasteiger partial charge in [0, 0.05) is 57.5 Å². The Kier molecular flexibility index (Phi) is 5.54. The minimum absolute atomic E-state index is 0.0413. The first-order valence-corrected chi connectivity index (χ1v) is 10.2. The molecule has 170 valence electrons. The third-order valence-electron chi connectivity index (χ3n) is 5.85. The summed E-state index contributed by atoms with van der Waals surface area (Å²) in [5.41, 5.74) is 0.978. The van der Waals surface area contributed by atoms with E-state index in [1.54, 1.807) is 4.90 Å². The van der Waals surface area contributed by atoms with E-state index in [0.717, 1.165) is 4.90 Å². The highest BCUT2D eigenvalue weighted by atomic mass is 16.6. The summed E-state index contributed by atoms with van der Waals surface area (Å²) in [7, 11) is 1.38. The van der Waals surface area contributed by atoms with E-state index in [-0.39, 0.29) is 28.3 Å². The number of nitro groups is 1. The molecule has 0 atom stereocenters. The van der Waals surface area contributed by atoms with Crippen molar-refractivity contribution in [3.63, 3.8) is 0 Å². The van der Waals surface area contributed by atoms with Gasteiger partial charge in [0.2, 0.25) is 5.91 Å². The third-order valence-corrected chi connectivity index (χ3v) is 5.85. The number of carbonyl (C=O) groups excluding carboxylic acids is 4. The van der Waals surface area contributed by atoms with E-state index in [4.69, 9.17) is 0 Å². The van der Waals surface area contributed by atoms with Gasteiger partial charge in [0.05, 0.1) is 16.1 Å². The van der Waals surface area contributed by atoms with Gasteiger partial charge in [-0.2, -0.15) is 0 Å². The molecule has 2 aromatic rings. The molecule has 2 heterocycles. The lowest BCUT2D eigenvalue weighted by atomic mass is 10.1. The second-order valence-corrected chi connectivity index (χ2v) is 7.84. The number of imide groups is 1. The Balaban J connectivity index is 1.54. The predicted molar refractivity (Wildman–Crippen MR) is 118 cm³/mol. The highest BCUT2D eigenvalue weighted by Crippen LogP contribution is 2.31. The molecule has 33 heavy (non-hydrogen) atoms. The van der Waals surface area contributed by atoms with Gasteiger partial charge < -0.3 is 15.1 Å². The Bertz CT molecular complexity index is 1200. The van der Waals surface area contributed by atoms with E-state index < -0.39 is 22.6 Å². The van der Waals surface area contributed by atoms with Crippen molar-refractivity contribution in [3.8, 4) is 0 Å². The molecule has 1 fully saturated rings. The Hall–Kier alpha value is -4.28. The van der Waals surface area contributed by atoms with Crippen LogP contribution in [-0.2, 0) is 4.79 Å². The molecule has 2 aliphatic heterocycles. The monoisotopic (exact) mass is 451 g/mol. The number of nitrogens with one attached hydrogen (secondary N) is 1. The lowest BCUT2D eigenvalue weighted by molar-refractivity contribution is -0.384. The SMILES string of the molecule is CC(=O)N1CCN(c2ccc(C(=O)Nc3ccc4c(c3)C(=O)N(C)C4=O)cc2[N+](=O)[O-])CC1. The van der Waals surface area contributed by atoms with Crippen molar-refractivity contribution in [3.05, 3.63) is 63.2 Å². The molecule has 0 unspecified atom stereocenters. The highest BCUT2D eigenvalue weighted by Gasteiger charge is 2.33. The molecule has 0 aromatic heterocycles. The summed E-state index contributed by atoms with van der Waals surface area (Å²) in [4.78, 5) is 64.1. The normalized spacial score (nSPS) is 15.5. The molecule has 0 saturated carbocycles. The lowest BCUT2D eigenvalue weighted by Gasteiger charge is -2.35. The molecule has 4 rings (SSSR count). The van der Waals surface area contributed by atoms with Crippen LogP contribution >= 0.6 is 0 Å². The summed E-state index contributed by atoms with van der Waals surface area (Å²) in [5, 5.41) is 14.3. The average Bonchev–Trinajstić information content (AvgIpc) is 3.02. The molecule has 11 heteroatoms. The average molecular weight is 451 g/mol. The summed E-state index contributed by atoms with van der Waals surface area (Å²) in [6.07, 6.45) is 0. The summed E-state index contributed by atoms with van der Waals surface area (Å²) in [5.74, 6) is -1.50. The van der Waals surface area contributed by atoms with Crippen LogP contribution in [0.3, 0.4) is 0 Å². The van der Waals surface area contributed by atoms with Gasteiger partial charge in [-0.1, -0.05) is 0 Å². The van der Waals surface area contributed by atoms with Crippen LogP contribution in [0.5, 0.6) is 0 Å². The van der Waals surface area contributed by atoms with Gasteiger partial charge in [-0.15, -0.1) is 0 Å². The number of piperazine rings is 1. The molecule has 0 spiro atoms. The first kappa shape index (κ1) is 21.9. The van der Waals surface area contributed by atoms with Crippen molar-refractivity contribution < 1.29 is 24.1 Å². The molecule has 2 aromatic carbocycles. The zero-order valence-corrected chi connectivity index (χ0v) is 18.0. The van der Waals surface area contributed by atoms with E-state index >= 15 is 0 Å². The first-order valence-electron chi connectivity index (χ1n) is 10.2. The third kappa shape index (κ3) is 4.00. The van der Waals surface area contributed by atoms with Crippen LogP contribution in [0.4, 0.5) is 17.1 Å². The van der Waals surface area contributed by atoms with E-state index in [9.17, 15) is 29.3 Å². The standard InChI is InChI=1S/C22H21N5O6/c1-13(28)25-7-9-26(10-8-25)18-6-3-14(11-19(18)27(32)33)20(29)23-15-4-5-16-17(12-15)22(31)24(2)21(16)30/h3-6,11-12H,7-10H2,1-2H3,(H,23,29). The van der Waals surface area contributed by atoms with Crippen LogP contribution in [0, 0.1) is 10.1 Å². The molecule has 2 aliphatic rings. The Labute approximate surface area is 188 Å². The Morgan fingerprint density at radius 1 is 0.970 bits per heavy atom. The number of amides is 4. The van der Waals surface area contributed by atoms with E-state index in [1.165, 1.54) is 50.4 Å². The van der Waals surface area contributed by atoms with Crippen LogP contribution in [0.1, 0.15) is 38.0 Å². The zero-order chi connectivity index (χ0) is 23.9. The maximum Gasteiger partial charge on any atom is 0.293 e. The summed E-state index contributed by atoms with van der Waals surface area (Å²) >= 11 is 0. The summed E-state index contributed by atoms with van der Waals surface area (Å²) in [6.45, 7) is 3.30. The fourth-order valence-electron chi connectivity index (χ4n) is 3.98. The van der Waals surface area contributed by atoms with Crippen molar-refractivity contribution >= 4 is 40.7 Å². The van der Waals surface area contributed by atoms with Crippen LogP contribution in [0.2, 0.25) is 0 Å². The van der Waals surface area contributed by atoms with Gasteiger partial charge in [-0.3, -0.25) is 34.2 Å². The van der Waals surface area contributed by atoms with E-state index in [0.29, 0.717) is 37.6 Å². The number of hydrogen-bond donors (Lipinski definition) is 1. The number of nitro benzene ring substituents is 1. The van der Waals surface area contributed by atoms with Crippen molar-refractivity contribution in [2.45, 2.75) is 6.92 Å². The second-order valence-electron chi connectivity index (χ2n) is 7.84. The number of hydrogen-bond acceptors (Lipinski definition) is 7. The Morgan fingerprint density at radius 2 is 1.64 bits per heavy atom. The zero-order valence-electron chi connectivity index (χ0n) is 18.0. The number of fused-ring (bicyclic) bond motifs is 1. The van der Waals surface area contributed by atoms with Crippen molar-refractivity contribution in [1.82, 2.24) is 9.80 Å². The number of nitrogens with zero attached hydrogens (tertiary/aromatic N) is 4. The maximum atomic E-state index is 12.8. The van der Waals surface area contributed by atoms with Crippen LogP contribution < -0.4 is 10.2 Å². The van der Waals surface area contributed by atoms with Crippen molar-refractivity contribution in [2.75, 3.05) is 43.4 Å². The van der Waals surface area contributed by atoms with Crippen LogP contribution in [0.15, 0.2) is 36.4 Å². The van der Waals surface area contributed by atoms with Crippen molar-refractivity contribution in [2.24, 2.45) is 0 Å². The fourth-order valence-corrected chi connectivity index (χ4v) is 3.98. The largest absolute Gasteiger partial charge is 0.362 e. The van der Waals surface area contributed by atoms with Gasteiger partial charge in [-0.05, 0) is 30.3 Å². The fraction of sp³-hybridized carbons (Fsp3) is 0.273. The number of anilines is 2. The number of rotatable bonds is 4. The van der Waals surface area contributed by atoms with Gasteiger partial charge in [0.15, 0.2) is 0 Å². The highest BCUT2D eigenvalue weighted by molar-refractivity contribution is 6.21. The first-order chi connectivity index (χ1) is 15.7. The molecule has 11 nitrogen and oxygen atoms in total. The smallest absolute Gasteiger partial charge is 0.293 e. The molecule has 0 radical (unpaired) electrons. The van der Waals surface area contributed by atoms with Crippen molar-refractivity contribution in [1.29, 1.82) is 0 Å². The summed E-state index contributed by atoms with van der Waals surface area (Å²) in [6, 6.07) is 8.59. The molecular weight excluding hydrogens is 430 g/mol.